The number of nitrogens with zero attached hydrogens (tertiary/aromatic N) is 1. The van der Waals surface area contributed by atoms with Crippen LogP contribution < -0.4 is 10.6 Å². The monoisotopic (exact) mass is 299 g/mol. The first-order chi connectivity index (χ1) is 9.90. The number of carbonyl (C=O) groups is 4. The van der Waals surface area contributed by atoms with E-state index in [1.165, 1.54) is 0 Å². The number of unbranched alkanes of at least 4 members (excludes halogenated alkanes) is 1. The van der Waals surface area contributed by atoms with Gasteiger partial charge in [-0.25, -0.2) is 9.59 Å². The zero-order chi connectivity index (χ0) is 16.0. The second-order valence-corrected chi connectivity index (χ2v) is 4.95. The first-order valence-electron chi connectivity index (χ1n) is 7.04. The maximum Gasteiger partial charge on any atom is 0.326 e. The summed E-state index contributed by atoms with van der Waals surface area (Å²) in [5, 5.41) is 13.6. The Balaban J connectivity index is 2.76. The summed E-state index contributed by atoms with van der Waals surface area (Å²) in [4.78, 5) is 47.4. The minimum Gasteiger partial charge on any atom is -0.480 e. The molecule has 1 heterocycles. The predicted molar refractivity (Wildman–Crippen MR) is 73.4 cm³/mol. The quantitative estimate of drug-likeness (QED) is 0.600. The lowest BCUT2D eigenvalue weighted by Crippen LogP contribution is -2.62. The van der Waals surface area contributed by atoms with Crippen LogP contribution in [0.25, 0.3) is 0 Å². The number of piperazine rings is 1. The molecule has 0 aliphatic carbocycles. The van der Waals surface area contributed by atoms with Crippen LogP contribution in [-0.2, 0) is 14.4 Å². The molecule has 1 unspecified atom stereocenters. The number of carboxylic acids is 1. The molecule has 8 heteroatoms. The normalized spacial score (nSPS) is 19.9. The Kier molecular flexibility index (Phi) is 6.13. The van der Waals surface area contributed by atoms with E-state index in [1.54, 1.807) is 6.92 Å². The smallest absolute Gasteiger partial charge is 0.326 e. The van der Waals surface area contributed by atoms with Gasteiger partial charge in [0.15, 0.2) is 0 Å². The molecule has 2 atom stereocenters. The summed E-state index contributed by atoms with van der Waals surface area (Å²) in [6.45, 7) is 3.38. The minimum atomic E-state index is -1.13. The summed E-state index contributed by atoms with van der Waals surface area (Å²) in [6, 6.07) is -2.48. The van der Waals surface area contributed by atoms with Gasteiger partial charge < -0.3 is 15.3 Å². The van der Waals surface area contributed by atoms with Crippen LogP contribution in [0.3, 0.4) is 0 Å². The molecular weight excluding hydrogens is 278 g/mol. The van der Waals surface area contributed by atoms with E-state index in [0.717, 1.165) is 11.3 Å². The lowest BCUT2D eigenvalue weighted by Gasteiger charge is -2.34. The second-order valence-electron chi connectivity index (χ2n) is 4.95. The zero-order valence-corrected chi connectivity index (χ0v) is 12.2. The summed E-state index contributed by atoms with van der Waals surface area (Å²) < 4.78 is 0. The van der Waals surface area contributed by atoms with Crippen LogP contribution in [0, 0.1) is 0 Å². The van der Waals surface area contributed by atoms with E-state index in [9.17, 15) is 19.2 Å². The van der Waals surface area contributed by atoms with Crippen molar-refractivity contribution in [3.05, 3.63) is 0 Å². The van der Waals surface area contributed by atoms with E-state index in [-0.39, 0.29) is 6.54 Å². The third-order valence-corrected chi connectivity index (χ3v) is 3.35. The van der Waals surface area contributed by atoms with Crippen LogP contribution in [0.2, 0.25) is 0 Å². The van der Waals surface area contributed by atoms with Crippen molar-refractivity contribution in [1.82, 2.24) is 15.5 Å². The van der Waals surface area contributed by atoms with Crippen LogP contribution in [0.15, 0.2) is 0 Å². The number of carboxylic acid groups (broad SMARTS) is 1. The molecule has 118 valence electrons. The maximum atomic E-state index is 12.2. The second kappa shape index (κ2) is 7.61. The van der Waals surface area contributed by atoms with Gasteiger partial charge in [0.25, 0.3) is 0 Å². The van der Waals surface area contributed by atoms with Crippen molar-refractivity contribution in [2.24, 2.45) is 0 Å². The zero-order valence-electron chi connectivity index (χ0n) is 12.2. The van der Waals surface area contributed by atoms with Crippen LogP contribution in [-0.4, -0.2) is 52.4 Å². The first kappa shape index (κ1) is 16.9. The third kappa shape index (κ3) is 4.44. The van der Waals surface area contributed by atoms with Gasteiger partial charge in [0, 0.05) is 0 Å². The van der Waals surface area contributed by atoms with Gasteiger partial charge in [-0.15, -0.1) is 0 Å². The van der Waals surface area contributed by atoms with E-state index in [2.05, 4.69) is 10.6 Å². The Bertz CT molecular complexity index is 438. The highest BCUT2D eigenvalue weighted by molar-refractivity contribution is 6.04. The Hall–Kier alpha value is -2.12. The molecule has 0 radical (unpaired) electrons. The van der Waals surface area contributed by atoms with Crippen molar-refractivity contribution >= 4 is 23.8 Å². The van der Waals surface area contributed by atoms with Gasteiger partial charge in [-0.2, -0.15) is 0 Å². The number of hydrogen-bond donors (Lipinski definition) is 3. The van der Waals surface area contributed by atoms with Gasteiger partial charge in [-0.3, -0.25) is 14.9 Å². The molecule has 4 amide bonds. The first-order valence-corrected chi connectivity index (χ1v) is 7.04. The van der Waals surface area contributed by atoms with Crippen molar-refractivity contribution in [3.8, 4) is 0 Å². The Labute approximate surface area is 122 Å². The lowest BCUT2D eigenvalue weighted by molar-refractivity contribution is -0.139. The van der Waals surface area contributed by atoms with Gasteiger partial charge in [0.2, 0.25) is 11.8 Å². The standard InChI is InChI=1S/C13H21N3O5/c1-3-5-6-8(12(19)20)14-13(21)16-7-10(17)15-11(18)9(16)4-2/h8-9H,3-7H2,1-2H3,(H,14,21)(H,19,20)(H,15,17,18)/t8-,9?/m0/s1. The van der Waals surface area contributed by atoms with Crippen LogP contribution in [0.5, 0.6) is 0 Å². The van der Waals surface area contributed by atoms with Crippen molar-refractivity contribution in [2.45, 2.75) is 51.6 Å². The number of rotatable bonds is 6. The van der Waals surface area contributed by atoms with Gasteiger partial charge >= 0.3 is 12.0 Å². The number of amides is 4. The molecule has 8 nitrogen and oxygen atoms in total. The van der Waals surface area contributed by atoms with Gasteiger partial charge in [0.1, 0.15) is 18.6 Å². The SMILES string of the molecule is CCCC[C@H](NC(=O)N1CC(=O)NC(=O)C1CC)C(=O)O. The fourth-order valence-corrected chi connectivity index (χ4v) is 2.18. The molecule has 0 bridgehead atoms. The van der Waals surface area contributed by atoms with Crippen LogP contribution in [0.4, 0.5) is 4.79 Å². The molecule has 0 aromatic rings. The Morgan fingerprint density at radius 2 is 2.10 bits per heavy atom. The molecule has 1 aliphatic heterocycles. The van der Waals surface area contributed by atoms with Gasteiger partial charge in [0.05, 0.1) is 0 Å². The summed E-state index contributed by atoms with van der Waals surface area (Å²) in [5.74, 6) is -2.23. The molecule has 1 aliphatic rings. The highest BCUT2D eigenvalue weighted by Crippen LogP contribution is 2.10. The average Bonchev–Trinajstić information content (AvgIpc) is 2.42. The number of carbonyl (C=O) groups excluding carboxylic acids is 3. The van der Waals surface area contributed by atoms with Gasteiger partial charge in [-0.1, -0.05) is 26.7 Å². The van der Waals surface area contributed by atoms with Gasteiger partial charge in [-0.05, 0) is 12.8 Å². The Morgan fingerprint density at radius 1 is 1.43 bits per heavy atom. The lowest BCUT2D eigenvalue weighted by atomic mass is 10.1. The summed E-state index contributed by atoms with van der Waals surface area (Å²) in [7, 11) is 0. The van der Waals surface area contributed by atoms with E-state index in [1.807, 2.05) is 6.92 Å². The minimum absolute atomic E-state index is 0.254. The molecule has 0 aromatic carbocycles. The highest BCUT2D eigenvalue weighted by atomic mass is 16.4. The fraction of sp³-hybridized carbons (Fsp3) is 0.692. The fourth-order valence-electron chi connectivity index (χ4n) is 2.18. The van der Waals surface area contributed by atoms with Crippen molar-refractivity contribution in [1.29, 1.82) is 0 Å². The van der Waals surface area contributed by atoms with Crippen molar-refractivity contribution in [3.63, 3.8) is 0 Å². The maximum absolute atomic E-state index is 12.2. The summed E-state index contributed by atoms with van der Waals surface area (Å²) >= 11 is 0. The molecule has 3 N–H and O–H groups in total. The summed E-state index contributed by atoms with van der Waals surface area (Å²) in [6.07, 6.45) is 2.12. The summed E-state index contributed by atoms with van der Waals surface area (Å²) in [5.41, 5.74) is 0. The van der Waals surface area contributed by atoms with Crippen molar-refractivity contribution < 1.29 is 24.3 Å². The largest absolute Gasteiger partial charge is 0.480 e. The van der Waals surface area contributed by atoms with Crippen molar-refractivity contribution in [2.75, 3.05) is 6.54 Å². The number of aliphatic carboxylic acids is 1. The molecule has 0 aromatic heterocycles. The third-order valence-electron chi connectivity index (χ3n) is 3.35. The molecule has 1 saturated heterocycles. The topological polar surface area (TPSA) is 116 Å². The van der Waals surface area contributed by atoms with E-state index < -0.39 is 35.9 Å². The molecular formula is C13H21N3O5. The van der Waals surface area contributed by atoms with E-state index in [4.69, 9.17) is 5.11 Å². The number of hydrogen-bond acceptors (Lipinski definition) is 4. The van der Waals surface area contributed by atoms with E-state index in [0.29, 0.717) is 19.3 Å². The highest BCUT2D eigenvalue weighted by Gasteiger charge is 2.36. The predicted octanol–water partition coefficient (Wildman–Crippen LogP) is 0.0764. The number of imide groups is 1. The average molecular weight is 299 g/mol. The molecule has 0 spiro atoms. The molecule has 21 heavy (non-hydrogen) atoms. The van der Waals surface area contributed by atoms with Crippen LogP contribution in [0.1, 0.15) is 39.5 Å². The van der Waals surface area contributed by atoms with Crippen LogP contribution >= 0.6 is 0 Å². The number of urea groups is 1. The molecule has 1 fully saturated rings. The molecule has 0 saturated carbocycles. The number of nitrogens with one attached hydrogen (secondary N) is 2. The van der Waals surface area contributed by atoms with E-state index >= 15 is 0 Å². The Morgan fingerprint density at radius 3 is 2.62 bits per heavy atom. The molecule has 1 rings (SSSR count).